The summed E-state index contributed by atoms with van der Waals surface area (Å²) in [5.41, 5.74) is 6.29. The minimum Gasteiger partial charge on any atom is -0.326 e. The first kappa shape index (κ1) is 13.9. The van der Waals surface area contributed by atoms with Crippen molar-refractivity contribution in [2.24, 2.45) is 11.1 Å². The van der Waals surface area contributed by atoms with Crippen LogP contribution in [-0.2, 0) is 0 Å². The van der Waals surface area contributed by atoms with Crippen molar-refractivity contribution in [1.82, 2.24) is 5.32 Å². The van der Waals surface area contributed by atoms with Gasteiger partial charge in [0.15, 0.2) is 0 Å². The lowest BCUT2D eigenvalue weighted by Crippen LogP contribution is -2.38. The van der Waals surface area contributed by atoms with E-state index < -0.39 is 0 Å². The number of nitrogens with two attached hydrogens (primary N) is 1. The molecule has 0 aliphatic carbocycles. The van der Waals surface area contributed by atoms with E-state index >= 15 is 0 Å². The Morgan fingerprint density at radius 3 is 2.07 bits per heavy atom. The van der Waals surface area contributed by atoms with E-state index in [1.807, 2.05) is 0 Å². The molecule has 0 unspecified atom stereocenters. The van der Waals surface area contributed by atoms with Crippen LogP contribution in [0.25, 0.3) is 0 Å². The molecule has 2 nitrogen and oxygen atoms in total. The maximum Gasteiger partial charge on any atom is 0.0109 e. The largest absolute Gasteiger partial charge is 0.326 e. The third-order valence-electron chi connectivity index (χ3n) is 2.48. The Labute approximate surface area is 89.6 Å². The highest BCUT2D eigenvalue weighted by molar-refractivity contribution is 4.75. The van der Waals surface area contributed by atoms with Gasteiger partial charge >= 0.3 is 0 Å². The van der Waals surface area contributed by atoms with Gasteiger partial charge in [-0.05, 0) is 38.6 Å². The summed E-state index contributed by atoms with van der Waals surface area (Å²) in [5.74, 6) is 0. The van der Waals surface area contributed by atoms with E-state index in [0.717, 1.165) is 19.5 Å². The minimum atomic E-state index is -0.0398. The van der Waals surface area contributed by atoms with Gasteiger partial charge in [0.25, 0.3) is 0 Å². The van der Waals surface area contributed by atoms with Crippen molar-refractivity contribution in [2.45, 2.75) is 59.4 Å². The molecular weight excluding hydrogens is 172 g/mol. The van der Waals surface area contributed by atoms with Gasteiger partial charge < -0.3 is 11.1 Å². The summed E-state index contributed by atoms with van der Waals surface area (Å²) < 4.78 is 0. The molecule has 0 heterocycles. The first-order valence-electron chi connectivity index (χ1n) is 5.76. The summed E-state index contributed by atoms with van der Waals surface area (Å²) in [7, 11) is 0. The molecule has 0 radical (unpaired) electrons. The normalized spacial score (nSPS) is 13.3. The van der Waals surface area contributed by atoms with E-state index in [1.165, 1.54) is 12.8 Å². The third kappa shape index (κ3) is 8.52. The fourth-order valence-electron chi connectivity index (χ4n) is 1.60. The van der Waals surface area contributed by atoms with Gasteiger partial charge in [0.05, 0.1) is 0 Å². The summed E-state index contributed by atoms with van der Waals surface area (Å²) in [6.07, 6.45) is 3.58. The van der Waals surface area contributed by atoms with Crippen molar-refractivity contribution in [2.75, 3.05) is 13.1 Å². The second-order valence-corrected chi connectivity index (χ2v) is 5.83. The van der Waals surface area contributed by atoms with E-state index in [0.29, 0.717) is 5.41 Å². The third-order valence-corrected chi connectivity index (χ3v) is 2.48. The van der Waals surface area contributed by atoms with Crippen molar-refractivity contribution >= 4 is 0 Å². The molecule has 0 aromatic rings. The van der Waals surface area contributed by atoms with Gasteiger partial charge in [-0.2, -0.15) is 0 Å². The Hall–Kier alpha value is -0.0800. The van der Waals surface area contributed by atoms with Crippen LogP contribution in [-0.4, -0.2) is 18.6 Å². The predicted octanol–water partition coefficient (Wildman–Crippen LogP) is 2.53. The molecule has 86 valence electrons. The molecule has 2 heteroatoms. The Balaban J connectivity index is 3.54. The number of hydrogen-bond donors (Lipinski definition) is 2. The number of hydrogen-bond acceptors (Lipinski definition) is 2. The molecule has 0 aliphatic rings. The molecule has 0 rings (SSSR count). The maximum absolute atomic E-state index is 5.90. The van der Waals surface area contributed by atoms with E-state index in [4.69, 9.17) is 5.73 Å². The van der Waals surface area contributed by atoms with Gasteiger partial charge in [-0.3, -0.25) is 0 Å². The summed E-state index contributed by atoms with van der Waals surface area (Å²) in [5, 5.41) is 3.49. The molecular formula is C12H28N2. The van der Waals surface area contributed by atoms with Crippen molar-refractivity contribution in [1.29, 1.82) is 0 Å². The molecule has 0 saturated heterocycles. The molecule has 0 fully saturated rings. The zero-order valence-corrected chi connectivity index (χ0v) is 10.6. The molecule has 14 heavy (non-hydrogen) atoms. The Bertz CT molecular complexity index is 145. The predicted molar refractivity (Wildman–Crippen MR) is 64.4 cm³/mol. The second-order valence-electron chi connectivity index (χ2n) is 5.83. The van der Waals surface area contributed by atoms with Crippen LogP contribution in [0.5, 0.6) is 0 Å². The van der Waals surface area contributed by atoms with Crippen LogP contribution in [0, 0.1) is 5.41 Å². The molecule has 0 aromatic carbocycles. The van der Waals surface area contributed by atoms with Gasteiger partial charge in [0.2, 0.25) is 0 Å². The quantitative estimate of drug-likeness (QED) is 0.620. The first-order valence-corrected chi connectivity index (χ1v) is 5.76. The highest BCUT2D eigenvalue weighted by Crippen LogP contribution is 2.20. The summed E-state index contributed by atoms with van der Waals surface area (Å²) in [6, 6.07) is 0. The van der Waals surface area contributed by atoms with E-state index in [2.05, 4.69) is 39.9 Å². The van der Waals surface area contributed by atoms with Crippen LogP contribution in [0.15, 0.2) is 0 Å². The highest BCUT2D eigenvalue weighted by Gasteiger charge is 2.16. The molecule has 0 aliphatic heterocycles. The van der Waals surface area contributed by atoms with Crippen LogP contribution in [0.1, 0.15) is 53.9 Å². The van der Waals surface area contributed by atoms with Crippen molar-refractivity contribution < 1.29 is 0 Å². The van der Waals surface area contributed by atoms with Gasteiger partial charge in [-0.25, -0.2) is 0 Å². The van der Waals surface area contributed by atoms with Crippen LogP contribution >= 0.6 is 0 Å². The van der Waals surface area contributed by atoms with Gasteiger partial charge in [-0.15, -0.1) is 0 Å². The molecule has 0 aromatic heterocycles. The Kier molecular flexibility index (Phi) is 5.68. The molecule has 0 atom stereocenters. The summed E-state index contributed by atoms with van der Waals surface area (Å²) >= 11 is 0. The fraction of sp³-hybridized carbons (Fsp3) is 1.00. The van der Waals surface area contributed by atoms with Crippen LogP contribution in [0.2, 0.25) is 0 Å². The second kappa shape index (κ2) is 5.72. The van der Waals surface area contributed by atoms with Gasteiger partial charge in [-0.1, -0.05) is 27.2 Å². The average molecular weight is 200 g/mol. The smallest absolute Gasteiger partial charge is 0.0109 e. The van der Waals surface area contributed by atoms with Crippen LogP contribution < -0.4 is 11.1 Å². The highest BCUT2D eigenvalue weighted by atomic mass is 14.9. The van der Waals surface area contributed by atoms with Crippen molar-refractivity contribution in [3.05, 3.63) is 0 Å². The molecule has 0 saturated carbocycles. The van der Waals surface area contributed by atoms with Gasteiger partial charge in [0.1, 0.15) is 0 Å². The van der Waals surface area contributed by atoms with Gasteiger partial charge in [0, 0.05) is 12.1 Å². The summed E-state index contributed by atoms with van der Waals surface area (Å²) in [6.45, 7) is 13.1. The first-order chi connectivity index (χ1) is 6.27. The number of nitrogens with one attached hydrogen (secondary N) is 1. The monoisotopic (exact) mass is 200 g/mol. The minimum absolute atomic E-state index is 0.0398. The van der Waals surface area contributed by atoms with E-state index in [9.17, 15) is 0 Å². The molecule has 0 bridgehead atoms. The van der Waals surface area contributed by atoms with Crippen molar-refractivity contribution in [3.63, 3.8) is 0 Å². The zero-order chi connectivity index (χ0) is 11.2. The van der Waals surface area contributed by atoms with Crippen molar-refractivity contribution in [3.8, 4) is 0 Å². The standard InChI is InChI=1S/C12H28N2/c1-6-7-11(2,3)10-14-9-8-12(4,5)13/h14H,6-10,13H2,1-5H3. The Morgan fingerprint density at radius 2 is 1.64 bits per heavy atom. The van der Waals surface area contributed by atoms with E-state index in [-0.39, 0.29) is 5.54 Å². The molecule has 0 amide bonds. The maximum atomic E-state index is 5.90. The fourth-order valence-corrected chi connectivity index (χ4v) is 1.60. The van der Waals surface area contributed by atoms with E-state index in [1.54, 1.807) is 0 Å². The average Bonchev–Trinajstić information content (AvgIpc) is 1.96. The topological polar surface area (TPSA) is 38.0 Å². The Morgan fingerprint density at radius 1 is 1.07 bits per heavy atom. The zero-order valence-electron chi connectivity index (χ0n) is 10.6. The molecule has 0 spiro atoms. The van der Waals surface area contributed by atoms with Crippen LogP contribution in [0.4, 0.5) is 0 Å². The lowest BCUT2D eigenvalue weighted by molar-refractivity contribution is 0.305. The molecule has 3 N–H and O–H groups in total. The summed E-state index contributed by atoms with van der Waals surface area (Å²) in [4.78, 5) is 0. The number of rotatable bonds is 7. The lowest BCUT2D eigenvalue weighted by Gasteiger charge is -2.26. The van der Waals surface area contributed by atoms with Crippen LogP contribution in [0.3, 0.4) is 0 Å². The lowest BCUT2D eigenvalue weighted by atomic mass is 9.88. The SMILES string of the molecule is CCCC(C)(C)CNCCC(C)(C)N.